The van der Waals surface area contributed by atoms with Crippen LogP contribution in [0.25, 0.3) is 0 Å². The van der Waals surface area contributed by atoms with Crippen molar-refractivity contribution in [1.82, 2.24) is 0 Å². The van der Waals surface area contributed by atoms with Gasteiger partial charge in [-0.1, -0.05) is 48.0 Å². The summed E-state index contributed by atoms with van der Waals surface area (Å²) in [4.78, 5) is 14.0. The third-order valence-electron chi connectivity index (χ3n) is 3.71. The Hall–Kier alpha value is -1.88. The summed E-state index contributed by atoms with van der Waals surface area (Å²) < 4.78 is 0. The molecule has 0 fully saturated rings. The van der Waals surface area contributed by atoms with Gasteiger partial charge >= 0.3 is 0 Å². The first-order valence-corrected chi connectivity index (χ1v) is 6.93. The lowest BCUT2D eigenvalue weighted by molar-refractivity contribution is -0.140. The zero-order valence-electron chi connectivity index (χ0n) is 11.2. The molecule has 0 aliphatic carbocycles. The molecule has 0 aromatic heterocycles. The molecule has 0 radical (unpaired) electrons. The Bertz CT molecular complexity index is 689. The van der Waals surface area contributed by atoms with Crippen LogP contribution >= 0.6 is 11.6 Å². The fourth-order valence-corrected chi connectivity index (χ4v) is 2.77. The van der Waals surface area contributed by atoms with Crippen molar-refractivity contribution < 1.29 is 15.0 Å². The van der Waals surface area contributed by atoms with Crippen LogP contribution in [0.5, 0.6) is 0 Å². The van der Waals surface area contributed by atoms with E-state index in [1.165, 1.54) is 4.90 Å². The van der Waals surface area contributed by atoms with Gasteiger partial charge in [-0.25, -0.2) is 0 Å². The normalized spacial score (nSPS) is 20.7. The summed E-state index contributed by atoms with van der Waals surface area (Å²) in [6.45, 7) is -0.346. The van der Waals surface area contributed by atoms with Crippen LogP contribution in [-0.4, -0.2) is 22.7 Å². The second kappa shape index (κ2) is 5.15. The molecule has 21 heavy (non-hydrogen) atoms. The summed E-state index contributed by atoms with van der Waals surface area (Å²) in [5.41, 5.74) is -0.0449. The number of nitrogens with zero attached hydrogens (tertiary/aromatic N) is 1. The number of hydrogen-bond donors (Lipinski definition) is 2. The van der Waals surface area contributed by atoms with Gasteiger partial charge < -0.3 is 15.1 Å². The van der Waals surface area contributed by atoms with Crippen molar-refractivity contribution >= 4 is 23.2 Å². The molecule has 2 aromatic carbocycles. The molecule has 1 heterocycles. The molecule has 0 saturated heterocycles. The van der Waals surface area contributed by atoms with Crippen LogP contribution in [0, 0.1) is 0 Å². The lowest BCUT2D eigenvalue weighted by Gasteiger charge is -2.21. The minimum absolute atomic E-state index is 0.315. The van der Waals surface area contributed by atoms with Crippen molar-refractivity contribution in [3.8, 4) is 0 Å². The minimum Gasteiger partial charge on any atom is -0.392 e. The maximum Gasteiger partial charge on any atom is 0.266 e. The van der Waals surface area contributed by atoms with Crippen LogP contribution in [-0.2, 0) is 16.9 Å². The molecule has 0 saturated carbocycles. The Kier molecular flexibility index (Phi) is 3.45. The van der Waals surface area contributed by atoms with Crippen LogP contribution in [0.4, 0.5) is 5.69 Å². The minimum atomic E-state index is -1.89. The number of hydrogen-bond acceptors (Lipinski definition) is 3. The van der Waals surface area contributed by atoms with Gasteiger partial charge in [-0.15, -0.1) is 0 Å². The van der Waals surface area contributed by atoms with Gasteiger partial charge in [0.25, 0.3) is 5.91 Å². The fraction of sp³-hybridized carbons (Fsp3) is 0.188. The molecular formula is C16H14ClNO3. The number of halogens is 1. The van der Waals surface area contributed by atoms with Gasteiger partial charge in [-0.05, 0) is 17.7 Å². The van der Waals surface area contributed by atoms with Crippen molar-refractivity contribution in [2.75, 3.05) is 11.5 Å². The SMILES string of the molecule is O=C1N(Cc2ccccc2)c2cc(Cl)ccc2[C@@]1(O)CO. The largest absolute Gasteiger partial charge is 0.392 e. The third-order valence-corrected chi connectivity index (χ3v) is 3.94. The summed E-state index contributed by atoms with van der Waals surface area (Å²) in [7, 11) is 0. The lowest BCUT2D eigenvalue weighted by atomic mass is 9.97. The second-order valence-electron chi connectivity index (χ2n) is 5.06. The number of amides is 1. The molecule has 0 unspecified atom stereocenters. The summed E-state index contributed by atoms with van der Waals surface area (Å²) in [5, 5.41) is 20.4. The predicted octanol–water partition coefficient (Wildman–Crippen LogP) is 2.07. The van der Waals surface area contributed by atoms with E-state index in [0.717, 1.165) is 5.56 Å². The van der Waals surface area contributed by atoms with Gasteiger partial charge in [0, 0.05) is 10.6 Å². The zero-order valence-corrected chi connectivity index (χ0v) is 11.9. The number of benzene rings is 2. The molecule has 1 aliphatic heterocycles. The van der Waals surface area contributed by atoms with E-state index >= 15 is 0 Å². The summed E-state index contributed by atoms with van der Waals surface area (Å²) in [5.74, 6) is -0.536. The maximum absolute atomic E-state index is 12.5. The van der Waals surface area contributed by atoms with E-state index in [0.29, 0.717) is 22.8 Å². The number of carbonyl (C=O) groups is 1. The smallest absolute Gasteiger partial charge is 0.266 e. The topological polar surface area (TPSA) is 60.8 Å². The molecule has 2 N–H and O–H groups in total. The molecule has 3 rings (SSSR count). The molecule has 108 valence electrons. The molecular weight excluding hydrogens is 290 g/mol. The molecule has 0 bridgehead atoms. The molecule has 5 heteroatoms. The van der Waals surface area contributed by atoms with E-state index < -0.39 is 18.1 Å². The first-order valence-electron chi connectivity index (χ1n) is 6.55. The van der Waals surface area contributed by atoms with E-state index in [1.807, 2.05) is 30.3 Å². The van der Waals surface area contributed by atoms with Gasteiger partial charge in [0.15, 0.2) is 5.60 Å². The zero-order chi connectivity index (χ0) is 15.0. The summed E-state index contributed by atoms with van der Waals surface area (Å²) >= 11 is 5.99. The number of aliphatic hydroxyl groups is 2. The van der Waals surface area contributed by atoms with Crippen molar-refractivity contribution in [3.63, 3.8) is 0 Å². The van der Waals surface area contributed by atoms with E-state index in [1.54, 1.807) is 18.2 Å². The first kappa shape index (κ1) is 14.1. The number of anilines is 1. The van der Waals surface area contributed by atoms with Gasteiger partial charge in [-0.3, -0.25) is 4.79 Å². The highest BCUT2D eigenvalue weighted by atomic mass is 35.5. The lowest BCUT2D eigenvalue weighted by Crippen LogP contribution is -2.42. The van der Waals surface area contributed by atoms with Crippen molar-refractivity contribution in [3.05, 3.63) is 64.7 Å². The quantitative estimate of drug-likeness (QED) is 0.912. The Morgan fingerprint density at radius 1 is 1.14 bits per heavy atom. The van der Waals surface area contributed by atoms with Crippen molar-refractivity contribution in [2.45, 2.75) is 12.1 Å². The van der Waals surface area contributed by atoms with Crippen LogP contribution < -0.4 is 4.90 Å². The highest BCUT2D eigenvalue weighted by Crippen LogP contribution is 2.42. The van der Waals surface area contributed by atoms with Crippen LogP contribution in [0.15, 0.2) is 48.5 Å². The number of carbonyl (C=O) groups excluding carboxylic acids is 1. The molecule has 2 aromatic rings. The van der Waals surface area contributed by atoms with Gasteiger partial charge in [0.05, 0.1) is 18.8 Å². The van der Waals surface area contributed by atoms with Gasteiger partial charge in [-0.2, -0.15) is 0 Å². The molecule has 4 nitrogen and oxygen atoms in total. The highest BCUT2D eigenvalue weighted by Gasteiger charge is 2.49. The van der Waals surface area contributed by atoms with Gasteiger partial charge in [0.1, 0.15) is 0 Å². The number of aliphatic hydroxyl groups excluding tert-OH is 1. The van der Waals surface area contributed by atoms with Crippen molar-refractivity contribution in [2.24, 2.45) is 0 Å². The Morgan fingerprint density at radius 2 is 1.86 bits per heavy atom. The average Bonchev–Trinajstić information content (AvgIpc) is 2.70. The Morgan fingerprint density at radius 3 is 2.52 bits per heavy atom. The Balaban J connectivity index is 2.06. The molecule has 1 aliphatic rings. The fourth-order valence-electron chi connectivity index (χ4n) is 2.60. The summed E-state index contributed by atoms with van der Waals surface area (Å²) in [6, 6.07) is 14.3. The van der Waals surface area contributed by atoms with E-state index in [-0.39, 0.29) is 0 Å². The van der Waals surface area contributed by atoms with Crippen LogP contribution in [0.3, 0.4) is 0 Å². The van der Waals surface area contributed by atoms with Crippen LogP contribution in [0.2, 0.25) is 5.02 Å². The van der Waals surface area contributed by atoms with Gasteiger partial charge in [0.2, 0.25) is 0 Å². The standard InChI is InChI=1S/C16H14ClNO3/c17-12-6-7-13-14(8-12)18(15(20)16(13,21)10-19)9-11-4-2-1-3-5-11/h1-8,19,21H,9-10H2/t16-/m0/s1. The predicted molar refractivity (Wildman–Crippen MR) is 80.1 cm³/mol. The average molecular weight is 304 g/mol. The molecule has 0 spiro atoms. The number of rotatable bonds is 3. The van der Waals surface area contributed by atoms with E-state index in [9.17, 15) is 15.0 Å². The van der Waals surface area contributed by atoms with E-state index in [2.05, 4.69) is 0 Å². The van der Waals surface area contributed by atoms with Crippen LogP contribution in [0.1, 0.15) is 11.1 Å². The summed E-state index contributed by atoms with van der Waals surface area (Å²) in [6.07, 6.45) is 0. The highest BCUT2D eigenvalue weighted by molar-refractivity contribution is 6.31. The van der Waals surface area contributed by atoms with Crippen molar-refractivity contribution in [1.29, 1.82) is 0 Å². The second-order valence-corrected chi connectivity index (χ2v) is 5.49. The monoisotopic (exact) mass is 303 g/mol. The molecule has 1 amide bonds. The Labute approximate surface area is 127 Å². The first-order chi connectivity index (χ1) is 10.1. The maximum atomic E-state index is 12.5. The third kappa shape index (κ3) is 2.21. The molecule has 1 atom stereocenters. The van der Waals surface area contributed by atoms with E-state index in [4.69, 9.17) is 11.6 Å². The number of fused-ring (bicyclic) bond motifs is 1.